The third-order valence-electron chi connectivity index (χ3n) is 5.55. The number of nitrogens with one attached hydrogen (secondary N) is 1. The van der Waals surface area contributed by atoms with Crippen molar-refractivity contribution in [2.45, 2.75) is 69.9 Å². The molecule has 1 heterocycles. The Bertz CT molecular complexity index is 753. The molecule has 1 fully saturated rings. The maximum atomic E-state index is 14.0. The Labute approximate surface area is 146 Å². The van der Waals surface area contributed by atoms with E-state index in [2.05, 4.69) is 15.5 Å². The molecule has 0 amide bonds. The van der Waals surface area contributed by atoms with Crippen LogP contribution in [0, 0.1) is 18.6 Å². The molecular weight excluding hydrogens is 324 g/mol. The van der Waals surface area contributed by atoms with E-state index in [-0.39, 0.29) is 6.04 Å². The number of hydrogen-bond acceptors (Lipinski definition) is 4. The van der Waals surface area contributed by atoms with E-state index in [0.29, 0.717) is 29.8 Å². The molecule has 1 atom stereocenters. The van der Waals surface area contributed by atoms with Gasteiger partial charge in [-0.1, -0.05) is 5.16 Å². The summed E-state index contributed by atoms with van der Waals surface area (Å²) in [6.45, 7) is 1.83. The molecule has 0 unspecified atom stereocenters. The fourth-order valence-corrected chi connectivity index (χ4v) is 4.28. The zero-order valence-electron chi connectivity index (χ0n) is 14.4. The minimum atomic E-state index is -0.486. The number of halogens is 2. The standard InChI is InChI=1S/C19H23F2N3O/c1-11-22-19(25-24-11)12-5-7-14(8-6-12)23-18-4-2-3-15-16(18)9-13(20)10-17(15)21/h9-10,12,14,18,23H,2-8H2,1H3/t12?,14?,18-/m1/s1. The van der Waals surface area contributed by atoms with E-state index in [1.165, 1.54) is 6.07 Å². The van der Waals surface area contributed by atoms with Crippen LogP contribution < -0.4 is 5.32 Å². The molecule has 0 saturated heterocycles. The van der Waals surface area contributed by atoms with Gasteiger partial charge in [-0.05, 0) is 69.1 Å². The van der Waals surface area contributed by atoms with Crippen LogP contribution in [-0.2, 0) is 6.42 Å². The fourth-order valence-electron chi connectivity index (χ4n) is 4.28. The number of benzene rings is 1. The second-order valence-corrected chi connectivity index (χ2v) is 7.30. The SMILES string of the molecule is Cc1noc(C2CCC(N[C@@H]3CCCc4c(F)cc(F)cc43)CC2)n1. The molecule has 2 aromatic rings. The third kappa shape index (κ3) is 3.45. The quantitative estimate of drug-likeness (QED) is 0.897. The van der Waals surface area contributed by atoms with Gasteiger partial charge in [0, 0.05) is 24.1 Å². The summed E-state index contributed by atoms with van der Waals surface area (Å²) >= 11 is 0. The van der Waals surface area contributed by atoms with Gasteiger partial charge in [-0.15, -0.1) is 0 Å². The molecule has 1 aromatic heterocycles. The Kier molecular flexibility index (Phi) is 4.54. The van der Waals surface area contributed by atoms with Crippen LogP contribution >= 0.6 is 0 Å². The summed E-state index contributed by atoms with van der Waals surface area (Å²) in [6, 6.07) is 2.91. The van der Waals surface area contributed by atoms with E-state index in [9.17, 15) is 8.78 Å². The van der Waals surface area contributed by atoms with Crippen LogP contribution in [-0.4, -0.2) is 16.2 Å². The van der Waals surface area contributed by atoms with Gasteiger partial charge < -0.3 is 9.84 Å². The first-order chi connectivity index (χ1) is 12.1. The van der Waals surface area contributed by atoms with Gasteiger partial charge in [-0.2, -0.15) is 4.98 Å². The molecule has 25 heavy (non-hydrogen) atoms. The highest BCUT2D eigenvalue weighted by Gasteiger charge is 2.30. The Balaban J connectivity index is 1.41. The first kappa shape index (κ1) is 16.6. The van der Waals surface area contributed by atoms with Gasteiger partial charge in [0.1, 0.15) is 11.6 Å². The lowest BCUT2D eigenvalue weighted by molar-refractivity contribution is 0.264. The summed E-state index contributed by atoms with van der Waals surface area (Å²) in [5.41, 5.74) is 1.48. The molecule has 0 spiro atoms. The molecule has 1 aromatic carbocycles. The van der Waals surface area contributed by atoms with E-state index in [4.69, 9.17) is 4.52 Å². The molecule has 4 rings (SSSR count). The van der Waals surface area contributed by atoms with Crippen molar-refractivity contribution in [3.8, 4) is 0 Å². The van der Waals surface area contributed by atoms with Crippen molar-refractivity contribution in [3.05, 3.63) is 46.6 Å². The van der Waals surface area contributed by atoms with Gasteiger partial charge in [0.2, 0.25) is 5.89 Å². The molecule has 6 heteroatoms. The number of nitrogens with zero attached hydrogens (tertiary/aromatic N) is 2. The van der Waals surface area contributed by atoms with E-state index in [0.717, 1.165) is 56.0 Å². The molecule has 0 aliphatic heterocycles. The van der Waals surface area contributed by atoms with Crippen LogP contribution in [0.25, 0.3) is 0 Å². The smallest absolute Gasteiger partial charge is 0.229 e. The number of fused-ring (bicyclic) bond motifs is 1. The lowest BCUT2D eigenvalue weighted by Gasteiger charge is -2.34. The second-order valence-electron chi connectivity index (χ2n) is 7.30. The van der Waals surface area contributed by atoms with Crippen LogP contribution in [0.15, 0.2) is 16.7 Å². The maximum absolute atomic E-state index is 14.0. The monoisotopic (exact) mass is 347 g/mol. The summed E-state index contributed by atoms with van der Waals surface area (Å²) in [5, 5.41) is 7.52. The van der Waals surface area contributed by atoms with Crippen LogP contribution in [0.5, 0.6) is 0 Å². The van der Waals surface area contributed by atoms with Gasteiger partial charge >= 0.3 is 0 Å². The number of hydrogen-bond donors (Lipinski definition) is 1. The van der Waals surface area contributed by atoms with Gasteiger partial charge in [-0.25, -0.2) is 8.78 Å². The zero-order chi connectivity index (χ0) is 17.4. The molecule has 134 valence electrons. The summed E-state index contributed by atoms with van der Waals surface area (Å²) in [7, 11) is 0. The number of aromatic nitrogens is 2. The van der Waals surface area contributed by atoms with Crippen molar-refractivity contribution in [2.24, 2.45) is 0 Å². The summed E-state index contributed by atoms with van der Waals surface area (Å²) in [5.74, 6) is 0.853. The average molecular weight is 347 g/mol. The summed E-state index contributed by atoms with van der Waals surface area (Å²) < 4.78 is 33.0. The topological polar surface area (TPSA) is 51.0 Å². The molecule has 4 nitrogen and oxygen atoms in total. The summed E-state index contributed by atoms with van der Waals surface area (Å²) in [4.78, 5) is 4.34. The molecular formula is C19H23F2N3O. The highest BCUT2D eigenvalue weighted by atomic mass is 19.1. The Hall–Kier alpha value is -1.82. The van der Waals surface area contributed by atoms with Crippen molar-refractivity contribution in [1.82, 2.24) is 15.5 Å². The highest BCUT2D eigenvalue weighted by Crippen LogP contribution is 2.36. The van der Waals surface area contributed by atoms with Gasteiger partial charge in [0.25, 0.3) is 0 Å². The van der Waals surface area contributed by atoms with Gasteiger partial charge in [0.15, 0.2) is 5.82 Å². The van der Waals surface area contributed by atoms with Crippen LogP contribution in [0.3, 0.4) is 0 Å². The molecule has 1 saturated carbocycles. The summed E-state index contributed by atoms with van der Waals surface area (Å²) in [6.07, 6.45) is 6.57. The Morgan fingerprint density at radius 2 is 1.92 bits per heavy atom. The van der Waals surface area contributed by atoms with Gasteiger partial charge in [0.05, 0.1) is 0 Å². The van der Waals surface area contributed by atoms with Crippen molar-refractivity contribution in [2.75, 3.05) is 0 Å². The predicted octanol–water partition coefficient (Wildman–Crippen LogP) is 4.35. The van der Waals surface area contributed by atoms with E-state index in [1.54, 1.807) is 0 Å². The molecule has 0 bridgehead atoms. The molecule has 2 aliphatic rings. The number of aryl methyl sites for hydroxylation is 1. The van der Waals surface area contributed by atoms with Crippen molar-refractivity contribution in [1.29, 1.82) is 0 Å². The predicted molar refractivity (Wildman–Crippen MR) is 89.2 cm³/mol. The van der Waals surface area contributed by atoms with E-state index in [1.807, 2.05) is 6.92 Å². The zero-order valence-corrected chi connectivity index (χ0v) is 14.4. The normalized spacial score (nSPS) is 26.4. The van der Waals surface area contributed by atoms with Crippen molar-refractivity contribution in [3.63, 3.8) is 0 Å². The van der Waals surface area contributed by atoms with Crippen molar-refractivity contribution >= 4 is 0 Å². The van der Waals surface area contributed by atoms with E-state index >= 15 is 0 Å². The van der Waals surface area contributed by atoms with Crippen LogP contribution in [0.2, 0.25) is 0 Å². The Morgan fingerprint density at radius 1 is 1.12 bits per heavy atom. The minimum Gasteiger partial charge on any atom is -0.339 e. The fraction of sp³-hybridized carbons (Fsp3) is 0.579. The first-order valence-corrected chi connectivity index (χ1v) is 9.14. The molecule has 2 aliphatic carbocycles. The average Bonchev–Trinajstić information content (AvgIpc) is 3.03. The second kappa shape index (κ2) is 6.83. The van der Waals surface area contributed by atoms with Crippen molar-refractivity contribution < 1.29 is 13.3 Å². The minimum absolute atomic E-state index is 0.0427. The maximum Gasteiger partial charge on any atom is 0.229 e. The lowest BCUT2D eigenvalue weighted by Crippen LogP contribution is -2.37. The van der Waals surface area contributed by atoms with Crippen LogP contribution in [0.1, 0.15) is 73.3 Å². The van der Waals surface area contributed by atoms with E-state index < -0.39 is 11.6 Å². The molecule has 0 radical (unpaired) electrons. The largest absolute Gasteiger partial charge is 0.339 e. The molecule has 1 N–H and O–H groups in total. The number of rotatable bonds is 3. The third-order valence-corrected chi connectivity index (χ3v) is 5.55. The Morgan fingerprint density at radius 3 is 2.64 bits per heavy atom. The highest BCUT2D eigenvalue weighted by molar-refractivity contribution is 5.34. The van der Waals surface area contributed by atoms with Gasteiger partial charge in [-0.3, -0.25) is 0 Å². The lowest BCUT2D eigenvalue weighted by atomic mass is 9.83. The van der Waals surface area contributed by atoms with Crippen LogP contribution in [0.4, 0.5) is 8.78 Å². The first-order valence-electron chi connectivity index (χ1n) is 9.14.